The van der Waals surface area contributed by atoms with Crippen molar-refractivity contribution in [1.82, 2.24) is 25.0 Å². The summed E-state index contributed by atoms with van der Waals surface area (Å²) in [4.78, 5) is 7.01. The average Bonchev–Trinajstić information content (AvgIpc) is 2.87. The van der Waals surface area contributed by atoms with Gasteiger partial charge in [-0.25, -0.2) is 4.98 Å². The molecule has 5 nitrogen and oxygen atoms in total. The zero-order valence-electron chi connectivity index (χ0n) is 11.3. The fourth-order valence-electron chi connectivity index (χ4n) is 3.60. The summed E-state index contributed by atoms with van der Waals surface area (Å²) in [5, 5.41) is 7.81. The number of hydrogen-bond donors (Lipinski definition) is 1. The van der Waals surface area contributed by atoms with Crippen molar-refractivity contribution in [2.24, 2.45) is 7.05 Å². The summed E-state index contributed by atoms with van der Waals surface area (Å²) in [6.07, 6.45) is 8.14. The molecular weight excluding hydrogens is 226 g/mol. The maximum absolute atomic E-state index is 4.36. The van der Waals surface area contributed by atoms with Gasteiger partial charge in [-0.3, -0.25) is 9.58 Å². The van der Waals surface area contributed by atoms with Crippen LogP contribution in [0.5, 0.6) is 0 Å². The molecule has 0 saturated carbocycles. The van der Waals surface area contributed by atoms with Crippen molar-refractivity contribution >= 4 is 0 Å². The molecule has 2 aliphatic heterocycles. The smallest absolute Gasteiger partial charge is 0.151 e. The lowest BCUT2D eigenvalue weighted by molar-refractivity contribution is 0.120. The molecule has 0 aliphatic carbocycles. The first kappa shape index (κ1) is 12.1. The van der Waals surface area contributed by atoms with Crippen molar-refractivity contribution in [1.29, 1.82) is 0 Å². The number of nitrogens with one attached hydrogen (secondary N) is 1. The maximum atomic E-state index is 4.36. The molecule has 2 atom stereocenters. The summed E-state index contributed by atoms with van der Waals surface area (Å²) in [6, 6.07) is 2.29. The van der Waals surface area contributed by atoms with Crippen molar-refractivity contribution in [3.05, 3.63) is 12.2 Å². The summed E-state index contributed by atoms with van der Waals surface area (Å²) in [6.45, 7) is 1.12. The predicted molar refractivity (Wildman–Crippen MR) is 70.3 cm³/mol. The Bertz CT molecular complexity index is 388. The molecule has 1 N–H and O–H groups in total. The molecule has 0 spiro atoms. The lowest BCUT2D eigenvalue weighted by Crippen LogP contribution is -2.48. The van der Waals surface area contributed by atoms with Gasteiger partial charge in [0.1, 0.15) is 6.33 Å². The molecule has 18 heavy (non-hydrogen) atoms. The molecule has 0 radical (unpaired) electrons. The first-order valence-corrected chi connectivity index (χ1v) is 7.04. The minimum atomic E-state index is 0.728. The number of hydrogen-bond acceptors (Lipinski definition) is 4. The van der Waals surface area contributed by atoms with Crippen molar-refractivity contribution < 1.29 is 0 Å². The fraction of sp³-hybridized carbons (Fsp3) is 0.846. The summed E-state index contributed by atoms with van der Waals surface area (Å²) in [7, 11) is 4.02. The Balaban J connectivity index is 1.58. The number of aromatic nitrogens is 3. The second-order valence-corrected chi connectivity index (χ2v) is 5.66. The number of piperidine rings is 1. The van der Waals surface area contributed by atoms with Gasteiger partial charge in [0.15, 0.2) is 5.82 Å². The minimum Gasteiger partial charge on any atom is -0.317 e. The average molecular weight is 249 g/mol. The van der Waals surface area contributed by atoms with Crippen LogP contribution in [-0.4, -0.2) is 51.4 Å². The second-order valence-electron chi connectivity index (χ2n) is 5.66. The normalized spacial score (nSPS) is 32.0. The van der Waals surface area contributed by atoms with Gasteiger partial charge in [0.25, 0.3) is 0 Å². The molecule has 3 heterocycles. The van der Waals surface area contributed by atoms with Crippen molar-refractivity contribution in [3.8, 4) is 0 Å². The van der Waals surface area contributed by atoms with Crippen LogP contribution in [0, 0.1) is 0 Å². The SMILES string of the molecule is CNC1CC2CCC(C1)N2CCc1ncn(C)n1. The van der Waals surface area contributed by atoms with E-state index in [4.69, 9.17) is 0 Å². The third-order valence-electron chi connectivity index (χ3n) is 4.53. The Morgan fingerprint density at radius 2 is 2.06 bits per heavy atom. The molecule has 100 valence electrons. The van der Waals surface area contributed by atoms with Crippen LogP contribution in [0.1, 0.15) is 31.5 Å². The molecule has 2 fully saturated rings. The maximum Gasteiger partial charge on any atom is 0.151 e. The van der Waals surface area contributed by atoms with Crippen LogP contribution in [0.4, 0.5) is 0 Å². The quantitative estimate of drug-likeness (QED) is 0.847. The van der Waals surface area contributed by atoms with E-state index >= 15 is 0 Å². The fourth-order valence-corrected chi connectivity index (χ4v) is 3.60. The van der Waals surface area contributed by atoms with Gasteiger partial charge < -0.3 is 5.32 Å². The Morgan fingerprint density at radius 1 is 1.33 bits per heavy atom. The van der Waals surface area contributed by atoms with Gasteiger partial charge in [-0.2, -0.15) is 5.10 Å². The minimum absolute atomic E-state index is 0.728. The molecule has 1 aromatic heterocycles. The highest BCUT2D eigenvalue weighted by molar-refractivity contribution is 4.98. The van der Waals surface area contributed by atoms with Crippen LogP contribution in [0.25, 0.3) is 0 Å². The molecule has 3 rings (SSSR count). The van der Waals surface area contributed by atoms with Gasteiger partial charge in [-0.1, -0.05) is 0 Å². The van der Waals surface area contributed by atoms with Gasteiger partial charge >= 0.3 is 0 Å². The highest BCUT2D eigenvalue weighted by Gasteiger charge is 2.39. The molecule has 2 unspecified atom stereocenters. The Morgan fingerprint density at radius 3 is 2.61 bits per heavy atom. The number of fused-ring (bicyclic) bond motifs is 2. The summed E-state index contributed by atoms with van der Waals surface area (Å²) in [5.41, 5.74) is 0. The molecular formula is C13H23N5. The van der Waals surface area contributed by atoms with Gasteiger partial charge in [0.2, 0.25) is 0 Å². The first-order valence-electron chi connectivity index (χ1n) is 7.04. The number of nitrogens with zero attached hydrogens (tertiary/aromatic N) is 4. The Kier molecular flexibility index (Phi) is 3.35. The van der Waals surface area contributed by atoms with E-state index in [9.17, 15) is 0 Å². The van der Waals surface area contributed by atoms with E-state index in [2.05, 4.69) is 27.3 Å². The summed E-state index contributed by atoms with van der Waals surface area (Å²) < 4.78 is 1.79. The first-order chi connectivity index (χ1) is 8.76. The predicted octanol–water partition coefficient (Wildman–Crippen LogP) is 0.572. The highest BCUT2D eigenvalue weighted by atomic mass is 15.3. The van der Waals surface area contributed by atoms with Gasteiger partial charge in [-0.05, 0) is 32.7 Å². The Hall–Kier alpha value is -0.940. The van der Waals surface area contributed by atoms with Crippen molar-refractivity contribution in [3.63, 3.8) is 0 Å². The topological polar surface area (TPSA) is 46.0 Å². The van der Waals surface area contributed by atoms with Crippen LogP contribution >= 0.6 is 0 Å². The molecule has 0 amide bonds. The number of rotatable bonds is 4. The van der Waals surface area contributed by atoms with Crippen molar-refractivity contribution in [2.75, 3.05) is 13.6 Å². The van der Waals surface area contributed by atoms with Gasteiger partial charge in [0.05, 0.1) is 0 Å². The van der Waals surface area contributed by atoms with E-state index in [1.807, 2.05) is 7.05 Å². The molecule has 2 bridgehead atoms. The molecule has 1 aromatic rings. The van der Waals surface area contributed by atoms with Gasteiger partial charge in [-0.15, -0.1) is 0 Å². The third-order valence-corrected chi connectivity index (χ3v) is 4.53. The summed E-state index contributed by atoms with van der Waals surface area (Å²) in [5.74, 6) is 0.979. The van der Waals surface area contributed by atoms with Crippen LogP contribution in [-0.2, 0) is 13.5 Å². The Labute approximate surface area is 109 Å². The number of aryl methyl sites for hydroxylation is 1. The lowest BCUT2D eigenvalue weighted by atomic mass is 9.97. The summed E-state index contributed by atoms with van der Waals surface area (Å²) >= 11 is 0. The van der Waals surface area contributed by atoms with E-state index in [1.54, 1.807) is 11.0 Å². The second kappa shape index (κ2) is 4.97. The van der Waals surface area contributed by atoms with Crippen LogP contribution < -0.4 is 5.32 Å². The van der Waals surface area contributed by atoms with Crippen LogP contribution in [0.2, 0.25) is 0 Å². The third kappa shape index (κ3) is 2.29. The zero-order valence-corrected chi connectivity index (χ0v) is 11.3. The highest BCUT2D eigenvalue weighted by Crippen LogP contribution is 2.35. The standard InChI is InChI=1S/C13H23N5/c1-14-10-7-11-3-4-12(8-10)18(11)6-5-13-15-9-17(2)16-13/h9-12,14H,3-8H2,1-2H3. The van der Waals surface area contributed by atoms with E-state index < -0.39 is 0 Å². The van der Waals surface area contributed by atoms with E-state index in [-0.39, 0.29) is 0 Å². The van der Waals surface area contributed by atoms with E-state index in [0.29, 0.717) is 0 Å². The van der Waals surface area contributed by atoms with Crippen LogP contribution in [0.15, 0.2) is 6.33 Å². The molecule has 5 heteroatoms. The molecule has 2 aliphatic rings. The lowest BCUT2D eigenvalue weighted by Gasteiger charge is -2.38. The monoisotopic (exact) mass is 249 g/mol. The van der Waals surface area contributed by atoms with E-state index in [0.717, 1.165) is 36.9 Å². The van der Waals surface area contributed by atoms with Gasteiger partial charge in [0, 0.05) is 38.1 Å². The molecule has 0 aromatic carbocycles. The van der Waals surface area contributed by atoms with E-state index in [1.165, 1.54) is 25.7 Å². The van der Waals surface area contributed by atoms with Crippen molar-refractivity contribution in [2.45, 2.75) is 50.2 Å². The largest absolute Gasteiger partial charge is 0.317 e. The van der Waals surface area contributed by atoms with Crippen LogP contribution in [0.3, 0.4) is 0 Å². The zero-order chi connectivity index (χ0) is 12.5. The molecule has 2 saturated heterocycles.